The normalized spacial score (nSPS) is 9.06. The van der Waals surface area contributed by atoms with E-state index >= 15 is 0 Å². The first-order chi connectivity index (χ1) is 7.06. The van der Waals surface area contributed by atoms with Crippen LogP contribution in [-0.2, 0) is 4.74 Å². The summed E-state index contributed by atoms with van der Waals surface area (Å²) in [7, 11) is 0. The number of carboxylic acids is 1. The molecule has 0 aliphatic heterocycles. The van der Waals surface area contributed by atoms with Crippen LogP contribution >= 0.6 is 12.4 Å². The Morgan fingerprint density at radius 2 is 2.00 bits per heavy atom. The highest BCUT2D eigenvalue weighted by atomic mass is 35.5. The smallest absolute Gasteiger partial charge is 0.338 e. The number of anilines is 1. The standard InChI is InChI=1S/C10H11NO4.ClH/c1-2-15-10(14)7-4-3-6(11)5-8(7)9(12)13;/h3-5H,2,11H2,1H3,(H,12,13);1H. The van der Waals surface area contributed by atoms with Gasteiger partial charge in [0.25, 0.3) is 0 Å². The van der Waals surface area contributed by atoms with Crippen molar-refractivity contribution in [1.29, 1.82) is 0 Å². The molecule has 1 rings (SSSR count). The lowest BCUT2D eigenvalue weighted by atomic mass is 10.1. The number of halogens is 1. The van der Waals surface area contributed by atoms with Crippen LogP contribution in [-0.4, -0.2) is 23.7 Å². The van der Waals surface area contributed by atoms with E-state index in [0.717, 1.165) is 0 Å². The average molecular weight is 246 g/mol. The molecule has 0 heterocycles. The Bertz CT molecular complexity index is 406. The monoisotopic (exact) mass is 245 g/mol. The second kappa shape index (κ2) is 5.97. The number of rotatable bonds is 3. The van der Waals surface area contributed by atoms with Gasteiger partial charge in [0, 0.05) is 5.69 Å². The molecule has 0 atom stereocenters. The molecule has 6 heteroatoms. The number of ether oxygens (including phenoxy) is 1. The van der Waals surface area contributed by atoms with Gasteiger partial charge in [-0.1, -0.05) is 0 Å². The van der Waals surface area contributed by atoms with E-state index in [1.807, 2.05) is 0 Å². The van der Waals surface area contributed by atoms with Crippen LogP contribution in [0.1, 0.15) is 27.6 Å². The van der Waals surface area contributed by atoms with Gasteiger partial charge in [-0.15, -0.1) is 12.4 Å². The first-order valence-corrected chi connectivity index (χ1v) is 4.36. The summed E-state index contributed by atoms with van der Waals surface area (Å²) in [6, 6.07) is 4.03. The molecule has 1 aromatic carbocycles. The van der Waals surface area contributed by atoms with E-state index in [4.69, 9.17) is 15.6 Å². The fourth-order valence-corrected chi connectivity index (χ4v) is 1.13. The lowest BCUT2D eigenvalue weighted by Gasteiger charge is -2.05. The molecule has 0 saturated carbocycles. The Morgan fingerprint density at radius 3 is 2.50 bits per heavy atom. The molecule has 0 unspecified atom stereocenters. The molecule has 1 aromatic rings. The highest BCUT2D eigenvalue weighted by Gasteiger charge is 2.17. The van der Waals surface area contributed by atoms with E-state index in [1.165, 1.54) is 18.2 Å². The molecule has 0 bridgehead atoms. The van der Waals surface area contributed by atoms with Crippen molar-refractivity contribution >= 4 is 30.0 Å². The molecule has 0 aliphatic rings. The quantitative estimate of drug-likeness (QED) is 0.623. The molecule has 0 saturated heterocycles. The molecular formula is C10H12ClNO4. The Kier molecular flexibility index (Phi) is 5.32. The highest BCUT2D eigenvalue weighted by molar-refractivity contribution is 6.03. The van der Waals surface area contributed by atoms with Gasteiger partial charge in [0.15, 0.2) is 0 Å². The van der Waals surface area contributed by atoms with Crippen molar-refractivity contribution in [2.24, 2.45) is 0 Å². The Balaban J connectivity index is 0.00000225. The molecule has 0 fully saturated rings. The second-order valence-electron chi connectivity index (χ2n) is 2.83. The summed E-state index contributed by atoms with van der Waals surface area (Å²) >= 11 is 0. The van der Waals surface area contributed by atoms with Crippen LogP contribution in [0.4, 0.5) is 5.69 Å². The van der Waals surface area contributed by atoms with Crippen LogP contribution in [0.15, 0.2) is 18.2 Å². The second-order valence-corrected chi connectivity index (χ2v) is 2.83. The third-order valence-electron chi connectivity index (χ3n) is 1.77. The minimum absolute atomic E-state index is 0. The van der Waals surface area contributed by atoms with E-state index in [9.17, 15) is 9.59 Å². The molecule has 88 valence electrons. The molecule has 0 spiro atoms. The maximum atomic E-state index is 11.4. The number of aromatic carboxylic acids is 1. The van der Waals surface area contributed by atoms with Gasteiger partial charge in [-0.3, -0.25) is 0 Å². The van der Waals surface area contributed by atoms with Crippen molar-refractivity contribution in [3.05, 3.63) is 29.3 Å². The summed E-state index contributed by atoms with van der Waals surface area (Å²) in [6.07, 6.45) is 0. The first-order valence-electron chi connectivity index (χ1n) is 4.36. The number of carboxylic acid groups (broad SMARTS) is 1. The minimum Gasteiger partial charge on any atom is -0.478 e. The van der Waals surface area contributed by atoms with Gasteiger partial charge in [0.2, 0.25) is 0 Å². The van der Waals surface area contributed by atoms with Crippen LogP contribution in [0.2, 0.25) is 0 Å². The van der Waals surface area contributed by atoms with Crippen LogP contribution in [0, 0.1) is 0 Å². The fourth-order valence-electron chi connectivity index (χ4n) is 1.13. The Morgan fingerprint density at radius 1 is 1.38 bits per heavy atom. The molecule has 3 N–H and O–H groups in total. The van der Waals surface area contributed by atoms with Crippen molar-refractivity contribution < 1.29 is 19.4 Å². The number of carbonyl (C=O) groups is 2. The van der Waals surface area contributed by atoms with Crippen LogP contribution in [0.3, 0.4) is 0 Å². The number of nitrogen functional groups attached to an aromatic ring is 1. The van der Waals surface area contributed by atoms with Crippen LogP contribution in [0.25, 0.3) is 0 Å². The van der Waals surface area contributed by atoms with Gasteiger partial charge in [0.1, 0.15) is 0 Å². The summed E-state index contributed by atoms with van der Waals surface area (Å²) in [4.78, 5) is 22.2. The van der Waals surface area contributed by atoms with Gasteiger partial charge in [0.05, 0.1) is 17.7 Å². The number of benzene rings is 1. The minimum atomic E-state index is -1.20. The summed E-state index contributed by atoms with van der Waals surface area (Å²) in [5, 5.41) is 8.84. The number of hydrogen-bond donors (Lipinski definition) is 2. The molecular weight excluding hydrogens is 234 g/mol. The fraction of sp³-hybridized carbons (Fsp3) is 0.200. The van der Waals surface area contributed by atoms with E-state index in [0.29, 0.717) is 5.69 Å². The van der Waals surface area contributed by atoms with E-state index in [1.54, 1.807) is 6.92 Å². The van der Waals surface area contributed by atoms with Crippen LogP contribution < -0.4 is 5.73 Å². The van der Waals surface area contributed by atoms with Crippen molar-refractivity contribution in [2.45, 2.75) is 6.92 Å². The lowest BCUT2D eigenvalue weighted by molar-refractivity contribution is 0.0514. The van der Waals surface area contributed by atoms with E-state index in [2.05, 4.69) is 0 Å². The first kappa shape index (κ1) is 14.2. The number of nitrogens with two attached hydrogens (primary N) is 1. The number of hydrogen-bond acceptors (Lipinski definition) is 4. The largest absolute Gasteiger partial charge is 0.478 e. The van der Waals surface area contributed by atoms with Crippen molar-refractivity contribution in [3.8, 4) is 0 Å². The Hall–Kier alpha value is -1.75. The van der Waals surface area contributed by atoms with Gasteiger partial charge < -0.3 is 15.6 Å². The maximum absolute atomic E-state index is 11.4. The summed E-state index contributed by atoms with van der Waals surface area (Å²) in [5.74, 6) is -1.86. The molecule has 0 radical (unpaired) electrons. The SMILES string of the molecule is CCOC(=O)c1ccc(N)cc1C(=O)O.Cl. The molecule has 5 nitrogen and oxygen atoms in total. The zero-order valence-corrected chi connectivity index (χ0v) is 9.41. The predicted octanol–water partition coefficient (Wildman–Crippen LogP) is 1.57. The van der Waals surface area contributed by atoms with E-state index in [-0.39, 0.29) is 30.1 Å². The summed E-state index contributed by atoms with van der Waals surface area (Å²) < 4.78 is 4.72. The summed E-state index contributed by atoms with van der Waals surface area (Å²) in [5.41, 5.74) is 5.58. The van der Waals surface area contributed by atoms with Gasteiger partial charge in [-0.2, -0.15) is 0 Å². The zero-order valence-electron chi connectivity index (χ0n) is 8.60. The third-order valence-corrected chi connectivity index (χ3v) is 1.77. The third kappa shape index (κ3) is 3.13. The highest BCUT2D eigenvalue weighted by Crippen LogP contribution is 2.14. The molecule has 16 heavy (non-hydrogen) atoms. The Labute approximate surface area is 98.6 Å². The lowest BCUT2D eigenvalue weighted by Crippen LogP contribution is -2.12. The summed E-state index contributed by atoms with van der Waals surface area (Å²) in [6.45, 7) is 1.85. The maximum Gasteiger partial charge on any atom is 0.338 e. The number of carbonyl (C=O) groups excluding carboxylic acids is 1. The van der Waals surface area contributed by atoms with Crippen molar-refractivity contribution in [3.63, 3.8) is 0 Å². The number of esters is 1. The van der Waals surface area contributed by atoms with E-state index < -0.39 is 11.9 Å². The van der Waals surface area contributed by atoms with Crippen molar-refractivity contribution in [1.82, 2.24) is 0 Å². The van der Waals surface area contributed by atoms with Gasteiger partial charge in [-0.25, -0.2) is 9.59 Å². The topological polar surface area (TPSA) is 89.6 Å². The van der Waals surface area contributed by atoms with Gasteiger partial charge >= 0.3 is 11.9 Å². The van der Waals surface area contributed by atoms with Crippen LogP contribution in [0.5, 0.6) is 0 Å². The van der Waals surface area contributed by atoms with Crippen molar-refractivity contribution in [2.75, 3.05) is 12.3 Å². The zero-order chi connectivity index (χ0) is 11.4. The average Bonchev–Trinajstić information content (AvgIpc) is 2.17. The van der Waals surface area contributed by atoms with Gasteiger partial charge in [-0.05, 0) is 25.1 Å². The predicted molar refractivity (Wildman–Crippen MR) is 61.0 cm³/mol. The molecule has 0 aromatic heterocycles. The molecule has 0 aliphatic carbocycles. The molecule has 0 amide bonds.